The predicted molar refractivity (Wildman–Crippen MR) is 202 cm³/mol. The lowest BCUT2D eigenvalue weighted by atomic mass is 9.47. The molecule has 4 nitrogen and oxygen atoms in total. The molecular formula is C37H51I3O4. The number of carbonyl (C=O) groups excluding carboxylic acids is 2. The van der Waals surface area contributed by atoms with Gasteiger partial charge in [-0.25, -0.2) is 0 Å². The number of hydrogen-bond acceptors (Lipinski definition) is 4. The fraction of sp³-hybridized carbons (Fsp3) is 0.730. The molecule has 7 heteroatoms. The van der Waals surface area contributed by atoms with Crippen molar-refractivity contribution >= 4 is 79.7 Å². The van der Waals surface area contributed by atoms with E-state index in [2.05, 4.69) is 108 Å². The fourth-order valence-corrected chi connectivity index (χ4v) is 13.8. The number of benzene rings is 1. The van der Waals surface area contributed by atoms with E-state index in [1.54, 1.807) is 0 Å². The summed E-state index contributed by atoms with van der Waals surface area (Å²) in [5.74, 6) is 4.86. The molecule has 0 N–H and O–H groups in total. The molecule has 0 heterocycles. The molecule has 0 aliphatic heterocycles. The normalized spacial score (nSPS) is 33.6. The van der Waals surface area contributed by atoms with E-state index in [0.29, 0.717) is 11.2 Å². The summed E-state index contributed by atoms with van der Waals surface area (Å²) in [6.07, 6.45) is 16.4. The fourth-order valence-electron chi connectivity index (χ4n) is 9.99. The molecule has 4 aliphatic carbocycles. The van der Waals surface area contributed by atoms with E-state index in [-0.39, 0.29) is 36.3 Å². The first-order valence-electron chi connectivity index (χ1n) is 17.1. The molecule has 3 fully saturated rings. The van der Waals surface area contributed by atoms with Gasteiger partial charge in [-0.2, -0.15) is 0 Å². The zero-order chi connectivity index (χ0) is 31.8. The zero-order valence-corrected chi connectivity index (χ0v) is 33.7. The van der Waals surface area contributed by atoms with Gasteiger partial charge < -0.3 is 9.47 Å². The average molecular weight is 941 g/mol. The highest BCUT2D eigenvalue weighted by atomic mass is 127. The van der Waals surface area contributed by atoms with Crippen LogP contribution in [0.2, 0.25) is 0 Å². The topological polar surface area (TPSA) is 52.6 Å². The van der Waals surface area contributed by atoms with Gasteiger partial charge in [-0.15, -0.1) is 0 Å². The number of fused-ring (bicyclic) bond motifs is 5. The van der Waals surface area contributed by atoms with Gasteiger partial charge in [0.25, 0.3) is 0 Å². The Balaban J connectivity index is 1.14. The highest BCUT2D eigenvalue weighted by Crippen LogP contribution is 2.67. The molecule has 1 aromatic carbocycles. The summed E-state index contributed by atoms with van der Waals surface area (Å²) in [6.45, 7) is 12.5. The third-order valence-corrected chi connectivity index (χ3v) is 14.5. The second-order valence-corrected chi connectivity index (χ2v) is 18.9. The first-order valence-corrected chi connectivity index (χ1v) is 20.3. The first kappa shape index (κ1) is 35.4. The van der Waals surface area contributed by atoms with Gasteiger partial charge in [0, 0.05) is 9.99 Å². The van der Waals surface area contributed by atoms with E-state index in [1.807, 2.05) is 12.1 Å². The molecule has 5 rings (SSSR count). The molecule has 3 unspecified atom stereocenters. The Morgan fingerprint density at radius 3 is 2.32 bits per heavy atom. The van der Waals surface area contributed by atoms with Crippen molar-refractivity contribution in [3.05, 3.63) is 34.5 Å². The molecule has 4 aliphatic rings. The Morgan fingerprint density at radius 1 is 0.909 bits per heavy atom. The van der Waals surface area contributed by atoms with Gasteiger partial charge in [0.15, 0.2) is 5.75 Å². The minimum Gasteiger partial charge on any atom is -0.462 e. The summed E-state index contributed by atoms with van der Waals surface area (Å²) in [4.78, 5) is 25.4. The Bertz CT molecular complexity index is 1240. The van der Waals surface area contributed by atoms with Crippen LogP contribution in [-0.4, -0.2) is 18.0 Å². The van der Waals surface area contributed by atoms with E-state index < -0.39 is 0 Å². The summed E-state index contributed by atoms with van der Waals surface area (Å²) >= 11 is 6.62. The number of allylic oxidation sites excluding steroid dienone is 1. The van der Waals surface area contributed by atoms with Crippen molar-refractivity contribution in [3.63, 3.8) is 0 Å². The molecule has 0 amide bonds. The van der Waals surface area contributed by atoms with Crippen molar-refractivity contribution < 1.29 is 19.1 Å². The number of carbonyl (C=O) groups is 2. The van der Waals surface area contributed by atoms with Gasteiger partial charge in [-0.3, -0.25) is 9.59 Å². The highest BCUT2D eigenvalue weighted by molar-refractivity contribution is 14.1. The van der Waals surface area contributed by atoms with Gasteiger partial charge >= 0.3 is 11.9 Å². The quantitative estimate of drug-likeness (QED) is 0.102. The van der Waals surface area contributed by atoms with Gasteiger partial charge in [0.2, 0.25) is 0 Å². The third kappa shape index (κ3) is 7.54. The SMILES string of the molecule is CC(C)CCC[C@@H](C)[C@H]1CCC2C3CC=C4C[C@@H](OC(=O)CCC(=O)Oc5c(I)cc(I)cc5I)CC[C@]4(C)C3CC[C@@]21C. The van der Waals surface area contributed by atoms with E-state index in [9.17, 15) is 9.59 Å². The molecule has 244 valence electrons. The monoisotopic (exact) mass is 940 g/mol. The molecule has 0 radical (unpaired) electrons. The Labute approximate surface area is 306 Å². The second-order valence-electron chi connectivity index (χ2n) is 15.3. The van der Waals surface area contributed by atoms with Crippen LogP contribution in [0.15, 0.2) is 23.8 Å². The van der Waals surface area contributed by atoms with Gasteiger partial charge in [0.1, 0.15) is 6.10 Å². The Morgan fingerprint density at radius 2 is 1.61 bits per heavy atom. The van der Waals surface area contributed by atoms with Gasteiger partial charge in [-0.1, -0.05) is 65.5 Å². The Kier molecular flexibility index (Phi) is 11.8. The van der Waals surface area contributed by atoms with Crippen LogP contribution in [0.3, 0.4) is 0 Å². The van der Waals surface area contributed by atoms with Crippen LogP contribution in [0.25, 0.3) is 0 Å². The van der Waals surface area contributed by atoms with E-state index >= 15 is 0 Å². The third-order valence-electron chi connectivity index (χ3n) is 12.3. The van der Waals surface area contributed by atoms with E-state index in [4.69, 9.17) is 9.47 Å². The summed E-state index contributed by atoms with van der Waals surface area (Å²) in [7, 11) is 0. The highest BCUT2D eigenvalue weighted by Gasteiger charge is 2.59. The molecule has 0 aromatic heterocycles. The van der Waals surface area contributed by atoms with Crippen LogP contribution in [0, 0.1) is 57.0 Å². The van der Waals surface area contributed by atoms with Crippen molar-refractivity contribution in [2.75, 3.05) is 0 Å². The van der Waals surface area contributed by atoms with E-state index in [1.165, 1.54) is 56.9 Å². The maximum absolute atomic E-state index is 12.8. The van der Waals surface area contributed by atoms with Crippen molar-refractivity contribution in [2.45, 2.75) is 124 Å². The average Bonchev–Trinajstić information content (AvgIpc) is 3.31. The number of ether oxygens (including phenoxy) is 2. The molecule has 8 atom stereocenters. The zero-order valence-electron chi connectivity index (χ0n) is 27.2. The molecule has 3 saturated carbocycles. The van der Waals surface area contributed by atoms with Gasteiger partial charge in [0.05, 0.1) is 20.0 Å². The van der Waals surface area contributed by atoms with Crippen LogP contribution in [-0.2, 0) is 14.3 Å². The summed E-state index contributed by atoms with van der Waals surface area (Å²) in [5.41, 5.74) is 2.27. The maximum Gasteiger partial charge on any atom is 0.311 e. The second kappa shape index (κ2) is 14.7. The summed E-state index contributed by atoms with van der Waals surface area (Å²) < 4.78 is 14.5. The van der Waals surface area contributed by atoms with Crippen LogP contribution in [0.5, 0.6) is 5.75 Å². The maximum atomic E-state index is 12.8. The van der Waals surface area contributed by atoms with Crippen LogP contribution >= 0.6 is 67.8 Å². The molecule has 0 saturated heterocycles. The number of hydrogen-bond donors (Lipinski definition) is 0. The largest absolute Gasteiger partial charge is 0.462 e. The standard InChI is InChI=1S/C37H51I3O4/c1-22(2)7-6-8-23(3)28-11-12-29-27-10-9-24-19-26(15-17-36(24,4)30(27)16-18-37(28,29)5)43-33(41)13-14-34(42)44-35-31(39)20-25(38)21-32(35)40/h9,20-23,26-30H,6-8,10-19H2,1-5H3/t23-,26+,27?,28-,29?,30?,36+,37-/m1/s1. The van der Waals surface area contributed by atoms with Gasteiger partial charge in [-0.05, 0) is 171 Å². The predicted octanol–water partition coefficient (Wildman–Crippen LogP) is 11.1. The molecule has 0 spiro atoms. The molecule has 1 aromatic rings. The lowest BCUT2D eigenvalue weighted by molar-refractivity contribution is -0.153. The van der Waals surface area contributed by atoms with Crippen molar-refractivity contribution in [3.8, 4) is 5.75 Å². The first-order chi connectivity index (χ1) is 20.8. The lowest BCUT2D eigenvalue weighted by Crippen LogP contribution is -2.51. The molecule has 0 bridgehead atoms. The van der Waals surface area contributed by atoms with Crippen molar-refractivity contribution in [1.82, 2.24) is 0 Å². The van der Waals surface area contributed by atoms with E-state index in [0.717, 1.165) is 65.5 Å². The Hall–Kier alpha value is 0.0900. The minimum absolute atomic E-state index is 0.0331. The number of rotatable bonds is 10. The molecule has 44 heavy (non-hydrogen) atoms. The van der Waals surface area contributed by atoms with Crippen LogP contribution < -0.4 is 4.74 Å². The minimum atomic E-state index is -0.389. The van der Waals surface area contributed by atoms with Crippen molar-refractivity contribution in [1.29, 1.82) is 0 Å². The summed E-state index contributed by atoms with van der Waals surface area (Å²) in [6, 6.07) is 3.96. The number of esters is 2. The summed E-state index contributed by atoms with van der Waals surface area (Å²) in [5, 5.41) is 0. The van der Waals surface area contributed by atoms with Crippen molar-refractivity contribution in [2.24, 2.45) is 46.3 Å². The lowest BCUT2D eigenvalue weighted by Gasteiger charge is -2.58. The smallest absolute Gasteiger partial charge is 0.311 e. The van der Waals surface area contributed by atoms with Crippen LogP contribution in [0.4, 0.5) is 0 Å². The molecular weight excluding hydrogens is 889 g/mol. The number of halogens is 3. The van der Waals surface area contributed by atoms with Crippen LogP contribution in [0.1, 0.15) is 118 Å².